The lowest BCUT2D eigenvalue weighted by atomic mass is 9.98. The number of aliphatic hydroxyl groups excluding tert-OH is 7. The van der Waals surface area contributed by atoms with Crippen molar-refractivity contribution >= 4 is 11.9 Å². The first-order chi connectivity index (χ1) is 38.0. The summed E-state index contributed by atoms with van der Waals surface area (Å²) < 4.78 is 33.8. The van der Waals surface area contributed by atoms with Crippen molar-refractivity contribution in [1.29, 1.82) is 0 Å². The maximum absolute atomic E-state index is 13.1. The molecule has 11 atom stereocenters. The molecule has 78 heavy (non-hydrogen) atoms. The summed E-state index contributed by atoms with van der Waals surface area (Å²) in [5.74, 6) is -0.899. The van der Waals surface area contributed by atoms with Gasteiger partial charge in [-0.25, -0.2) is 0 Å². The molecule has 462 valence electrons. The second-order valence-corrected chi connectivity index (χ2v) is 23.3. The van der Waals surface area contributed by atoms with E-state index in [0.29, 0.717) is 12.8 Å². The standard InChI is InChI=1S/C63H120O15/c1-3-5-7-9-11-13-15-17-19-21-23-24-25-26-28-30-32-34-36-38-40-42-44-46-55(66)76-51(48-73-54(65)45-43-41-39-37-35-33-31-29-27-22-20-18-16-14-12-10-8-6-4-2)49-74-62-61(72)59(70)57(68)53(78-62)50-75-63-60(71)58(69)56(67)52(47-64)77-63/h51-53,56-64,67-72H,3-50H2,1-2H3. The van der Waals surface area contributed by atoms with Crippen LogP contribution in [0.25, 0.3) is 0 Å². The van der Waals surface area contributed by atoms with Crippen LogP contribution in [0.2, 0.25) is 0 Å². The lowest BCUT2D eigenvalue weighted by molar-refractivity contribution is -0.332. The SMILES string of the molecule is CCCCCCCCCCCCCCCCCCCCCCCCCC(=O)OC(COC(=O)CCCCCCCCCCCCCCCCCCCCC)COC1OC(COC2OC(CO)C(O)C(O)C2O)C(O)C(O)C1O. The molecule has 15 nitrogen and oxygen atoms in total. The lowest BCUT2D eigenvalue weighted by Gasteiger charge is -2.42. The summed E-state index contributed by atoms with van der Waals surface area (Å²) in [4.78, 5) is 26.0. The Morgan fingerprint density at radius 3 is 1.00 bits per heavy atom. The molecular formula is C63H120O15. The van der Waals surface area contributed by atoms with Gasteiger partial charge >= 0.3 is 11.9 Å². The van der Waals surface area contributed by atoms with Crippen LogP contribution in [0, 0.1) is 0 Å². The van der Waals surface area contributed by atoms with Crippen molar-refractivity contribution in [3.05, 3.63) is 0 Å². The zero-order chi connectivity index (χ0) is 56.7. The molecule has 2 aliphatic rings. The summed E-state index contributed by atoms with van der Waals surface area (Å²) in [5.41, 5.74) is 0. The van der Waals surface area contributed by atoms with Crippen LogP contribution in [0.4, 0.5) is 0 Å². The number of hydrogen-bond donors (Lipinski definition) is 7. The van der Waals surface area contributed by atoms with Gasteiger partial charge in [0.15, 0.2) is 18.7 Å². The minimum atomic E-state index is -1.76. The molecule has 2 aliphatic heterocycles. The Balaban J connectivity index is 1.69. The first kappa shape index (κ1) is 72.6. The van der Waals surface area contributed by atoms with Crippen LogP contribution in [-0.4, -0.2) is 142 Å². The fourth-order valence-corrected chi connectivity index (χ4v) is 10.8. The molecule has 0 amide bonds. The van der Waals surface area contributed by atoms with Crippen LogP contribution in [0.5, 0.6) is 0 Å². The third-order valence-electron chi connectivity index (χ3n) is 16.1. The third kappa shape index (κ3) is 36.2. The van der Waals surface area contributed by atoms with Gasteiger partial charge in [0.25, 0.3) is 0 Å². The largest absolute Gasteiger partial charge is 0.462 e. The highest BCUT2D eigenvalue weighted by Crippen LogP contribution is 2.27. The van der Waals surface area contributed by atoms with E-state index in [1.807, 2.05) is 0 Å². The molecule has 0 saturated carbocycles. The minimum Gasteiger partial charge on any atom is -0.462 e. The summed E-state index contributed by atoms with van der Waals surface area (Å²) in [7, 11) is 0. The van der Waals surface area contributed by atoms with Gasteiger partial charge < -0.3 is 64.2 Å². The lowest BCUT2D eigenvalue weighted by Crippen LogP contribution is -2.61. The molecule has 2 heterocycles. The first-order valence-corrected chi connectivity index (χ1v) is 32.6. The van der Waals surface area contributed by atoms with Crippen molar-refractivity contribution in [2.24, 2.45) is 0 Å². The first-order valence-electron chi connectivity index (χ1n) is 32.6. The Morgan fingerprint density at radius 1 is 0.359 bits per heavy atom. The van der Waals surface area contributed by atoms with Crippen LogP contribution < -0.4 is 0 Å². The highest BCUT2D eigenvalue weighted by molar-refractivity contribution is 5.70. The van der Waals surface area contributed by atoms with Crippen molar-refractivity contribution in [2.45, 2.75) is 364 Å². The van der Waals surface area contributed by atoms with Gasteiger partial charge in [-0.05, 0) is 12.8 Å². The van der Waals surface area contributed by atoms with Gasteiger partial charge in [-0.15, -0.1) is 0 Å². The van der Waals surface area contributed by atoms with Gasteiger partial charge in [-0.1, -0.05) is 271 Å². The zero-order valence-corrected chi connectivity index (χ0v) is 49.7. The average molecular weight is 1120 g/mol. The summed E-state index contributed by atoms with van der Waals surface area (Å²) in [6, 6.07) is 0. The van der Waals surface area contributed by atoms with E-state index < -0.39 is 92.7 Å². The zero-order valence-electron chi connectivity index (χ0n) is 49.7. The highest BCUT2D eigenvalue weighted by Gasteiger charge is 2.47. The molecule has 0 aliphatic carbocycles. The molecule has 2 rings (SSSR count). The molecule has 15 heteroatoms. The fraction of sp³-hybridized carbons (Fsp3) is 0.968. The average Bonchev–Trinajstić information content (AvgIpc) is 3.44. The van der Waals surface area contributed by atoms with Gasteiger partial charge in [0.1, 0.15) is 55.4 Å². The van der Waals surface area contributed by atoms with Crippen molar-refractivity contribution in [3.8, 4) is 0 Å². The number of carbonyl (C=O) groups is 2. The van der Waals surface area contributed by atoms with Crippen LogP contribution >= 0.6 is 0 Å². The van der Waals surface area contributed by atoms with E-state index in [1.165, 1.54) is 218 Å². The number of ether oxygens (including phenoxy) is 6. The number of aliphatic hydroxyl groups is 7. The van der Waals surface area contributed by atoms with E-state index in [9.17, 15) is 45.3 Å². The quantitative estimate of drug-likeness (QED) is 0.0222. The molecule has 11 unspecified atom stereocenters. The highest BCUT2D eigenvalue weighted by atomic mass is 16.7. The number of hydrogen-bond acceptors (Lipinski definition) is 15. The van der Waals surface area contributed by atoms with Crippen LogP contribution in [0.3, 0.4) is 0 Å². The predicted molar refractivity (Wildman–Crippen MR) is 308 cm³/mol. The molecule has 0 aromatic carbocycles. The van der Waals surface area contributed by atoms with E-state index in [-0.39, 0.29) is 26.1 Å². The van der Waals surface area contributed by atoms with E-state index >= 15 is 0 Å². The maximum Gasteiger partial charge on any atom is 0.306 e. The molecule has 0 bridgehead atoms. The second kappa shape index (κ2) is 50.1. The van der Waals surface area contributed by atoms with E-state index in [2.05, 4.69) is 13.8 Å². The summed E-state index contributed by atoms with van der Waals surface area (Å²) >= 11 is 0. The second-order valence-electron chi connectivity index (χ2n) is 23.3. The Bertz CT molecular complexity index is 1360. The van der Waals surface area contributed by atoms with Crippen molar-refractivity contribution < 1.29 is 73.8 Å². The van der Waals surface area contributed by atoms with Crippen molar-refractivity contribution in [2.75, 3.05) is 26.4 Å². The van der Waals surface area contributed by atoms with Crippen LogP contribution in [0.15, 0.2) is 0 Å². The van der Waals surface area contributed by atoms with Gasteiger partial charge in [-0.2, -0.15) is 0 Å². The molecule has 2 fully saturated rings. The van der Waals surface area contributed by atoms with Crippen molar-refractivity contribution in [3.63, 3.8) is 0 Å². The Labute approximate surface area is 474 Å². The maximum atomic E-state index is 13.1. The Hall–Kier alpha value is -1.50. The smallest absolute Gasteiger partial charge is 0.306 e. The summed E-state index contributed by atoms with van der Waals surface area (Å²) in [6.45, 7) is 2.68. The van der Waals surface area contributed by atoms with Gasteiger partial charge in [-0.3, -0.25) is 9.59 Å². The molecule has 2 saturated heterocycles. The molecule has 7 N–H and O–H groups in total. The fourth-order valence-electron chi connectivity index (χ4n) is 10.8. The van der Waals surface area contributed by atoms with Crippen molar-refractivity contribution in [1.82, 2.24) is 0 Å². The third-order valence-corrected chi connectivity index (χ3v) is 16.1. The van der Waals surface area contributed by atoms with Gasteiger partial charge in [0.2, 0.25) is 0 Å². The normalized spacial score (nSPS) is 23.9. The minimum absolute atomic E-state index is 0.174. The van der Waals surface area contributed by atoms with E-state index in [4.69, 9.17) is 28.4 Å². The molecule has 0 spiro atoms. The van der Waals surface area contributed by atoms with E-state index in [0.717, 1.165) is 38.5 Å². The summed E-state index contributed by atoms with van der Waals surface area (Å²) in [6.07, 6.45) is 37.0. The molecule has 0 aromatic rings. The Morgan fingerprint density at radius 2 is 0.654 bits per heavy atom. The Kier molecular flexibility index (Phi) is 46.6. The number of unbranched alkanes of at least 4 members (excludes halogenated alkanes) is 40. The van der Waals surface area contributed by atoms with Gasteiger partial charge in [0, 0.05) is 12.8 Å². The predicted octanol–water partition coefficient (Wildman–Crippen LogP) is 12.3. The van der Waals surface area contributed by atoms with Crippen LogP contribution in [-0.2, 0) is 38.0 Å². The van der Waals surface area contributed by atoms with E-state index in [1.54, 1.807) is 0 Å². The molecular weight excluding hydrogens is 997 g/mol. The van der Waals surface area contributed by atoms with Gasteiger partial charge in [0.05, 0.1) is 19.8 Å². The molecule has 0 aromatic heterocycles. The summed E-state index contributed by atoms with van der Waals surface area (Å²) in [5, 5.41) is 72.4. The van der Waals surface area contributed by atoms with Crippen LogP contribution in [0.1, 0.15) is 296 Å². The number of esters is 2. The number of carbonyl (C=O) groups excluding carboxylic acids is 2. The monoisotopic (exact) mass is 1120 g/mol. The molecule has 0 radical (unpaired) electrons. The topological polar surface area (TPSA) is 231 Å². The number of rotatable bonds is 54.